The van der Waals surface area contributed by atoms with Gasteiger partial charge in [0.2, 0.25) is 6.29 Å². The van der Waals surface area contributed by atoms with Crippen LogP contribution in [-0.2, 0) is 30.4 Å². The van der Waals surface area contributed by atoms with Crippen LogP contribution in [0.5, 0.6) is 0 Å². The first-order valence-corrected chi connectivity index (χ1v) is 7.89. The molecule has 23 heavy (non-hydrogen) atoms. The molecule has 0 aromatic heterocycles. The van der Waals surface area contributed by atoms with Crippen LogP contribution in [0.3, 0.4) is 0 Å². The van der Waals surface area contributed by atoms with Gasteiger partial charge >= 0.3 is 5.97 Å². The van der Waals surface area contributed by atoms with E-state index in [4.69, 9.17) is 19.0 Å². The van der Waals surface area contributed by atoms with E-state index in [1.165, 1.54) is 6.92 Å². The van der Waals surface area contributed by atoms with E-state index >= 15 is 0 Å². The fraction of sp³-hybridized carbons (Fsp3) is 0.588. The normalized spacial score (nSPS) is 30.5. The Morgan fingerprint density at radius 1 is 1.35 bits per heavy atom. The molecule has 0 amide bonds. The van der Waals surface area contributed by atoms with E-state index in [1.54, 1.807) is 0 Å². The van der Waals surface area contributed by atoms with Gasteiger partial charge in [-0.1, -0.05) is 30.3 Å². The third kappa shape index (κ3) is 4.09. The van der Waals surface area contributed by atoms with Gasteiger partial charge in [-0.05, 0) is 19.4 Å². The highest BCUT2D eigenvalue weighted by atomic mass is 16.8. The largest absolute Gasteiger partial charge is 0.434 e. The zero-order chi connectivity index (χ0) is 16.4. The Hall–Kier alpha value is -1.47. The van der Waals surface area contributed by atoms with E-state index < -0.39 is 12.1 Å². The first kappa shape index (κ1) is 16.4. The Balaban J connectivity index is 1.72. The molecule has 0 N–H and O–H groups in total. The maximum atomic E-state index is 11.2. The Labute approximate surface area is 136 Å². The second-order valence-corrected chi connectivity index (χ2v) is 6.38. The Bertz CT molecular complexity index is 547. The summed E-state index contributed by atoms with van der Waals surface area (Å²) in [7, 11) is 0. The van der Waals surface area contributed by atoms with E-state index in [9.17, 15) is 4.79 Å². The molecule has 1 aromatic carbocycles. The highest BCUT2D eigenvalue weighted by Crippen LogP contribution is 2.33. The van der Waals surface area contributed by atoms with Crippen LogP contribution in [0.2, 0.25) is 0 Å². The molecular weight excluding hydrogens is 298 g/mol. The fourth-order valence-electron chi connectivity index (χ4n) is 3.00. The third-order valence-corrected chi connectivity index (χ3v) is 4.00. The lowest BCUT2D eigenvalue weighted by Gasteiger charge is -2.26. The highest BCUT2D eigenvalue weighted by molar-refractivity contribution is 5.66. The summed E-state index contributed by atoms with van der Waals surface area (Å²) in [5.74, 6) is -0.943. The number of hydrogen-bond acceptors (Lipinski definition) is 6. The molecule has 2 heterocycles. The van der Waals surface area contributed by atoms with E-state index in [-0.39, 0.29) is 18.1 Å². The number of hydrogen-bond donors (Lipinski definition) is 0. The predicted octanol–water partition coefficient (Wildman–Crippen LogP) is 2.23. The quantitative estimate of drug-likeness (QED) is 0.793. The molecule has 6 heteroatoms. The SMILES string of the molecule is CC(=O)O[C@H]1C[C@@H]([C@H]2COC(C)(C)O2)N(Cc2ccccc2)O1. The van der Waals surface area contributed by atoms with Crippen LogP contribution in [0.1, 0.15) is 32.8 Å². The maximum Gasteiger partial charge on any atom is 0.304 e. The van der Waals surface area contributed by atoms with Gasteiger partial charge in [0.15, 0.2) is 5.79 Å². The van der Waals surface area contributed by atoms with Gasteiger partial charge in [-0.15, -0.1) is 0 Å². The highest BCUT2D eigenvalue weighted by Gasteiger charge is 2.46. The smallest absolute Gasteiger partial charge is 0.304 e. The number of benzene rings is 1. The second kappa shape index (κ2) is 6.57. The standard InChI is InChI=1S/C17H23NO5/c1-12(19)21-16-9-14(15-11-20-17(2,3)22-15)18(23-16)10-13-7-5-4-6-8-13/h4-8,14-16H,9-11H2,1-3H3/t14-,15+,16+/m0/s1. The number of rotatable bonds is 4. The molecule has 2 aliphatic heterocycles. The average Bonchev–Trinajstić information content (AvgIpc) is 3.02. The summed E-state index contributed by atoms with van der Waals surface area (Å²) < 4.78 is 16.9. The van der Waals surface area contributed by atoms with Crippen molar-refractivity contribution in [1.82, 2.24) is 5.06 Å². The lowest BCUT2D eigenvalue weighted by molar-refractivity contribution is -0.246. The van der Waals surface area contributed by atoms with E-state index in [1.807, 2.05) is 49.2 Å². The molecule has 2 fully saturated rings. The number of carbonyl (C=O) groups excluding carboxylic acids is 1. The van der Waals surface area contributed by atoms with Crippen LogP contribution in [-0.4, -0.2) is 41.9 Å². The van der Waals surface area contributed by atoms with Crippen molar-refractivity contribution in [1.29, 1.82) is 0 Å². The lowest BCUT2D eigenvalue weighted by Crippen LogP contribution is -2.40. The second-order valence-electron chi connectivity index (χ2n) is 6.38. The molecule has 6 nitrogen and oxygen atoms in total. The van der Waals surface area contributed by atoms with Gasteiger partial charge in [-0.2, -0.15) is 5.06 Å². The van der Waals surface area contributed by atoms with Crippen molar-refractivity contribution in [2.75, 3.05) is 6.61 Å². The topological polar surface area (TPSA) is 57.2 Å². The summed E-state index contributed by atoms with van der Waals surface area (Å²) in [5, 5.41) is 1.85. The van der Waals surface area contributed by atoms with E-state index in [0.29, 0.717) is 19.6 Å². The van der Waals surface area contributed by atoms with Gasteiger partial charge in [-0.3, -0.25) is 9.63 Å². The molecule has 0 bridgehead atoms. The minimum absolute atomic E-state index is 0.0265. The maximum absolute atomic E-state index is 11.2. The first-order valence-electron chi connectivity index (χ1n) is 7.89. The van der Waals surface area contributed by atoms with Crippen molar-refractivity contribution < 1.29 is 23.8 Å². The fourth-order valence-corrected chi connectivity index (χ4v) is 3.00. The number of carbonyl (C=O) groups is 1. The van der Waals surface area contributed by atoms with Crippen molar-refractivity contribution >= 4 is 5.97 Å². The van der Waals surface area contributed by atoms with Gasteiger partial charge in [0.05, 0.1) is 12.6 Å². The van der Waals surface area contributed by atoms with Crippen LogP contribution in [0.25, 0.3) is 0 Å². The minimum atomic E-state index is -0.595. The molecular formula is C17H23NO5. The summed E-state index contributed by atoms with van der Waals surface area (Å²) in [4.78, 5) is 17.0. The number of ether oxygens (including phenoxy) is 3. The van der Waals surface area contributed by atoms with Crippen molar-refractivity contribution in [3.8, 4) is 0 Å². The molecule has 0 aliphatic carbocycles. The van der Waals surface area contributed by atoms with Crippen LogP contribution < -0.4 is 0 Å². The zero-order valence-electron chi connectivity index (χ0n) is 13.7. The number of nitrogens with zero attached hydrogens (tertiary/aromatic N) is 1. The summed E-state index contributed by atoms with van der Waals surface area (Å²) in [6.45, 7) is 6.28. The number of hydroxylamine groups is 2. The minimum Gasteiger partial charge on any atom is -0.434 e. The van der Waals surface area contributed by atoms with Crippen LogP contribution in [0.15, 0.2) is 30.3 Å². The average molecular weight is 321 g/mol. The van der Waals surface area contributed by atoms with Gasteiger partial charge in [0.25, 0.3) is 0 Å². The van der Waals surface area contributed by atoms with Gasteiger partial charge < -0.3 is 14.2 Å². The monoisotopic (exact) mass is 321 g/mol. The van der Waals surface area contributed by atoms with E-state index in [2.05, 4.69) is 0 Å². The van der Waals surface area contributed by atoms with Crippen LogP contribution in [0, 0.1) is 0 Å². The summed E-state index contributed by atoms with van der Waals surface area (Å²) >= 11 is 0. The van der Waals surface area contributed by atoms with Crippen molar-refractivity contribution in [3.05, 3.63) is 35.9 Å². The molecule has 3 atom stereocenters. The molecule has 0 spiro atoms. The lowest BCUT2D eigenvalue weighted by atomic mass is 10.1. The van der Waals surface area contributed by atoms with Gasteiger partial charge in [0.1, 0.15) is 6.10 Å². The first-order chi connectivity index (χ1) is 10.9. The van der Waals surface area contributed by atoms with Crippen molar-refractivity contribution in [2.45, 2.75) is 58.0 Å². The third-order valence-electron chi connectivity index (χ3n) is 4.00. The Morgan fingerprint density at radius 3 is 2.70 bits per heavy atom. The Kier molecular flexibility index (Phi) is 4.68. The summed E-state index contributed by atoms with van der Waals surface area (Å²) in [6, 6.07) is 10.0. The molecule has 2 saturated heterocycles. The van der Waals surface area contributed by atoms with Crippen LogP contribution in [0.4, 0.5) is 0 Å². The zero-order valence-corrected chi connectivity index (χ0v) is 13.7. The van der Waals surface area contributed by atoms with Gasteiger partial charge in [-0.25, -0.2) is 0 Å². The molecule has 126 valence electrons. The molecule has 3 rings (SSSR count). The van der Waals surface area contributed by atoms with Gasteiger partial charge in [0, 0.05) is 19.9 Å². The summed E-state index contributed by atoms with van der Waals surface area (Å²) in [5.41, 5.74) is 1.12. The van der Waals surface area contributed by atoms with Crippen molar-refractivity contribution in [3.63, 3.8) is 0 Å². The predicted molar refractivity (Wildman–Crippen MR) is 81.9 cm³/mol. The summed E-state index contributed by atoms with van der Waals surface area (Å²) in [6.07, 6.45) is -0.126. The van der Waals surface area contributed by atoms with E-state index in [0.717, 1.165) is 5.56 Å². The molecule has 2 aliphatic rings. The molecule has 0 saturated carbocycles. The Morgan fingerprint density at radius 2 is 2.09 bits per heavy atom. The molecule has 0 unspecified atom stereocenters. The molecule has 1 aromatic rings. The van der Waals surface area contributed by atoms with Crippen molar-refractivity contribution in [2.24, 2.45) is 0 Å². The molecule has 0 radical (unpaired) electrons. The number of esters is 1. The van der Waals surface area contributed by atoms with Crippen LogP contribution >= 0.6 is 0 Å².